The molecule has 0 radical (unpaired) electrons. The summed E-state index contributed by atoms with van der Waals surface area (Å²) in [5.41, 5.74) is 0.202. The number of carbonyl (C=O) groups excluding carboxylic acids is 1. The van der Waals surface area contributed by atoms with Gasteiger partial charge >= 0.3 is 6.18 Å². The van der Waals surface area contributed by atoms with Gasteiger partial charge in [-0.3, -0.25) is 4.79 Å². The van der Waals surface area contributed by atoms with Crippen LogP contribution in [0.25, 0.3) is 11.4 Å². The molecule has 1 amide bonds. The van der Waals surface area contributed by atoms with E-state index >= 15 is 0 Å². The molecule has 0 saturated carbocycles. The molecule has 28 heavy (non-hydrogen) atoms. The average Bonchev–Trinajstić information content (AvgIpc) is 3.20. The maximum atomic E-state index is 12.6. The van der Waals surface area contributed by atoms with Crippen LogP contribution in [-0.4, -0.2) is 44.6 Å². The van der Waals surface area contributed by atoms with Crippen LogP contribution in [-0.2, 0) is 6.18 Å². The number of benzene rings is 1. The van der Waals surface area contributed by atoms with Gasteiger partial charge < -0.3 is 10.6 Å². The van der Waals surface area contributed by atoms with E-state index < -0.39 is 11.7 Å². The van der Waals surface area contributed by atoms with Crippen molar-refractivity contribution >= 4 is 23.3 Å². The zero-order chi connectivity index (χ0) is 20.1. The van der Waals surface area contributed by atoms with Crippen LogP contribution < -0.4 is 10.6 Å². The molecule has 0 aliphatic heterocycles. The van der Waals surface area contributed by atoms with E-state index in [0.29, 0.717) is 23.1 Å². The minimum absolute atomic E-state index is 0.105. The largest absolute Gasteiger partial charge is 0.417 e. The van der Waals surface area contributed by atoms with Crippen molar-refractivity contribution in [3.63, 3.8) is 0 Å². The lowest BCUT2D eigenvalue weighted by Crippen LogP contribution is -2.28. The highest BCUT2D eigenvalue weighted by atomic mass is 35.5. The van der Waals surface area contributed by atoms with Crippen LogP contribution in [0.3, 0.4) is 0 Å². The number of nitrogens with one attached hydrogen (secondary N) is 3. The zero-order valence-corrected chi connectivity index (χ0v) is 14.8. The SMILES string of the molecule is O=C(NCCNc1ncc(C(F)(F)F)cc1Cl)c1ccc(-c2nn[nH]n2)cc1. The van der Waals surface area contributed by atoms with Crippen LogP contribution in [0.1, 0.15) is 15.9 Å². The predicted octanol–water partition coefficient (Wildman–Crippen LogP) is 2.78. The Morgan fingerprint density at radius 1 is 1.18 bits per heavy atom. The maximum absolute atomic E-state index is 12.6. The van der Waals surface area contributed by atoms with Gasteiger partial charge in [-0.05, 0) is 23.4 Å². The first-order valence-electron chi connectivity index (χ1n) is 7.93. The molecule has 12 heteroatoms. The third-order valence-corrected chi connectivity index (χ3v) is 3.91. The van der Waals surface area contributed by atoms with Crippen molar-refractivity contribution in [3.8, 4) is 11.4 Å². The number of H-pyrrole nitrogens is 1. The Bertz CT molecular complexity index is 946. The van der Waals surface area contributed by atoms with Gasteiger partial charge in [-0.25, -0.2) is 4.98 Å². The van der Waals surface area contributed by atoms with Crippen LogP contribution in [0.4, 0.5) is 19.0 Å². The second-order valence-electron chi connectivity index (χ2n) is 5.55. The number of hydrogen-bond acceptors (Lipinski definition) is 6. The summed E-state index contributed by atoms with van der Waals surface area (Å²) in [5.74, 6) is 0.207. The van der Waals surface area contributed by atoms with Gasteiger partial charge in [-0.1, -0.05) is 23.7 Å². The number of aromatic nitrogens is 5. The van der Waals surface area contributed by atoms with Crippen molar-refractivity contribution in [2.24, 2.45) is 0 Å². The van der Waals surface area contributed by atoms with Crippen LogP contribution >= 0.6 is 11.6 Å². The standard InChI is InChI=1S/C16H13ClF3N7O/c17-12-7-11(16(18,19)20)8-23-14(12)21-5-6-22-15(28)10-3-1-9(2-4-10)13-24-26-27-25-13/h1-4,7-8H,5-6H2,(H,21,23)(H,22,28)(H,24,25,26,27). The fourth-order valence-corrected chi connectivity index (χ4v) is 2.47. The first-order chi connectivity index (χ1) is 13.3. The summed E-state index contributed by atoms with van der Waals surface area (Å²) in [6, 6.07) is 7.39. The van der Waals surface area contributed by atoms with Crippen molar-refractivity contribution in [2.75, 3.05) is 18.4 Å². The third kappa shape index (κ3) is 4.74. The number of aromatic amines is 1. The Morgan fingerprint density at radius 3 is 2.54 bits per heavy atom. The van der Waals surface area contributed by atoms with Crippen molar-refractivity contribution in [2.45, 2.75) is 6.18 Å². The number of anilines is 1. The molecule has 0 atom stereocenters. The third-order valence-electron chi connectivity index (χ3n) is 3.62. The van der Waals surface area contributed by atoms with Gasteiger partial charge in [0.15, 0.2) is 0 Å². The first-order valence-corrected chi connectivity index (χ1v) is 8.31. The second-order valence-corrected chi connectivity index (χ2v) is 5.95. The highest BCUT2D eigenvalue weighted by Gasteiger charge is 2.31. The number of nitrogens with zero attached hydrogens (tertiary/aromatic N) is 4. The highest BCUT2D eigenvalue weighted by molar-refractivity contribution is 6.32. The number of tetrazole rings is 1. The van der Waals surface area contributed by atoms with Crippen molar-refractivity contribution in [3.05, 3.63) is 52.7 Å². The molecule has 0 spiro atoms. The van der Waals surface area contributed by atoms with Crippen molar-refractivity contribution in [1.82, 2.24) is 30.9 Å². The topological polar surface area (TPSA) is 108 Å². The molecule has 2 heterocycles. The fraction of sp³-hybridized carbons (Fsp3) is 0.188. The number of carbonyl (C=O) groups is 1. The van der Waals surface area contributed by atoms with Gasteiger partial charge in [0.2, 0.25) is 5.82 Å². The first kappa shape index (κ1) is 19.5. The van der Waals surface area contributed by atoms with Gasteiger partial charge in [-0.2, -0.15) is 18.4 Å². The van der Waals surface area contributed by atoms with Gasteiger partial charge in [0.25, 0.3) is 5.91 Å². The predicted molar refractivity (Wildman–Crippen MR) is 94.7 cm³/mol. The molecule has 0 aliphatic rings. The molecule has 2 aromatic heterocycles. The van der Waals surface area contributed by atoms with E-state index in [1.54, 1.807) is 24.3 Å². The molecule has 3 rings (SSSR count). The summed E-state index contributed by atoms with van der Waals surface area (Å²) in [4.78, 5) is 15.8. The molecule has 1 aromatic carbocycles. The Hall–Kier alpha value is -3.21. The zero-order valence-electron chi connectivity index (χ0n) is 14.1. The van der Waals surface area contributed by atoms with E-state index in [-0.39, 0.29) is 29.8 Å². The molecule has 0 fully saturated rings. The molecular weight excluding hydrogens is 399 g/mol. The summed E-state index contributed by atoms with van der Waals surface area (Å²) in [5, 5.41) is 18.8. The van der Waals surface area contributed by atoms with E-state index in [1.165, 1.54) is 0 Å². The molecule has 146 valence electrons. The van der Waals surface area contributed by atoms with Crippen molar-refractivity contribution < 1.29 is 18.0 Å². The number of amides is 1. The maximum Gasteiger partial charge on any atom is 0.417 e. The van der Waals surface area contributed by atoms with Gasteiger partial charge in [-0.15, -0.1) is 10.2 Å². The summed E-state index contributed by atoms with van der Waals surface area (Å²) < 4.78 is 37.7. The lowest BCUT2D eigenvalue weighted by molar-refractivity contribution is -0.137. The lowest BCUT2D eigenvalue weighted by Gasteiger charge is -2.11. The molecule has 0 bridgehead atoms. The average molecular weight is 412 g/mol. The van der Waals surface area contributed by atoms with Crippen LogP contribution in [0.15, 0.2) is 36.5 Å². The number of alkyl halides is 3. The Kier molecular flexibility index (Phi) is 5.73. The van der Waals surface area contributed by atoms with Crippen LogP contribution in [0.2, 0.25) is 5.02 Å². The summed E-state index contributed by atoms with van der Waals surface area (Å²) in [6.45, 7) is 0.440. The smallest absolute Gasteiger partial charge is 0.367 e. The number of pyridine rings is 1. The summed E-state index contributed by atoms with van der Waals surface area (Å²) in [7, 11) is 0. The van der Waals surface area contributed by atoms with Crippen LogP contribution in [0.5, 0.6) is 0 Å². The molecule has 0 unspecified atom stereocenters. The molecular formula is C16H13ClF3N7O. The molecule has 3 aromatic rings. The minimum atomic E-state index is -4.51. The van der Waals surface area contributed by atoms with Crippen molar-refractivity contribution in [1.29, 1.82) is 0 Å². The molecule has 3 N–H and O–H groups in total. The highest BCUT2D eigenvalue weighted by Crippen LogP contribution is 2.32. The minimum Gasteiger partial charge on any atom is -0.367 e. The van der Waals surface area contributed by atoms with E-state index in [4.69, 9.17) is 11.6 Å². The van der Waals surface area contributed by atoms with Gasteiger partial charge in [0.05, 0.1) is 10.6 Å². The molecule has 0 aliphatic carbocycles. The van der Waals surface area contributed by atoms with E-state index in [0.717, 1.165) is 6.07 Å². The summed E-state index contributed by atoms with van der Waals surface area (Å²) >= 11 is 5.80. The number of hydrogen-bond donors (Lipinski definition) is 3. The molecule has 8 nitrogen and oxygen atoms in total. The van der Waals surface area contributed by atoms with E-state index in [2.05, 4.69) is 36.2 Å². The van der Waals surface area contributed by atoms with Gasteiger partial charge in [0.1, 0.15) is 5.82 Å². The van der Waals surface area contributed by atoms with E-state index in [1.807, 2.05) is 0 Å². The molecule has 0 saturated heterocycles. The quantitative estimate of drug-likeness (QED) is 0.538. The number of halogens is 4. The Balaban J connectivity index is 1.49. The lowest BCUT2D eigenvalue weighted by atomic mass is 10.1. The number of rotatable bonds is 6. The normalized spacial score (nSPS) is 11.3. The van der Waals surface area contributed by atoms with Crippen LogP contribution in [0, 0.1) is 0 Å². The summed E-state index contributed by atoms with van der Waals surface area (Å²) in [6.07, 6.45) is -3.82. The van der Waals surface area contributed by atoms with Gasteiger partial charge in [0, 0.05) is 30.4 Å². The van der Waals surface area contributed by atoms with E-state index in [9.17, 15) is 18.0 Å². The second kappa shape index (κ2) is 8.21. The Morgan fingerprint density at radius 2 is 1.93 bits per heavy atom. The monoisotopic (exact) mass is 411 g/mol. The Labute approximate surface area is 161 Å². The fourth-order valence-electron chi connectivity index (χ4n) is 2.24.